The summed E-state index contributed by atoms with van der Waals surface area (Å²) in [5.74, 6) is 1.47. The molecule has 19 heavy (non-hydrogen) atoms. The second-order valence-electron chi connectivity index (χ2n) is 7.78. The van der Waals surface area contributed by atoms with E-state index in [1.54, 1.807) is 0 Å². The first-order valence-electron chi connectivity index (χ1n) is 8.25. The highest BCUT2D eigenvalue weighted by molar-refractivity contribution is 4.90. The third-order valence-corrected chi connectivity index (χ3v) is 5.12. The number of rotatable bonds is 6. The van der Waals surface area contributed by atoms with Crippen LogP contribution in [0.15, 0.2) is 0 Å². The van der Waals surface area contributed by atoms with Gasteiger partial charge in [0.2, 0.25) is 0 Å². The van der Waals surface area contributed by atoms with Crippen molar-refractivity contribution in [1.29, 1.82) is 0 Å². The van der Waals surface area contributed by atoms with Gasteiger partial charge in [0, 0.05) is 31.7 Å². The van der Waals surface area contributed by atoms with E-state index in [2.05, 4.69) is 58.7 Å². The van der Waals surface area contributed by atoms with Crippen LogP contribution in [0, 0.1) is 17.3 Å². The van der Waals surface area contributed by atoms with Gasteiger partial charge in [-0.15, -0.1) is 0 Å². The van der Waals surface area contributed by atoms with Gasteiger partial charge in [0.1, 0.15) is 0 Å². The van der Waals surface area contributed by atoms with Crippen molar-refractivity contribution in [3.8, 4) is 0 Å². The Balaban J connectivity index is 2.71. The summed E-state index contributed by atoms with van der Waals surface area (Å²) in [6, 6.07) is 1.40. The Hall–Kier alpha value is -0.0800. The van der Waals surface area contributed by atoms with Crippen molar-refractivity contribution >= 4 is 0 Å². The zero-order chi connectivity index (χ0) is 14.6. The van der Waals surface area contributed by atoms with Crippen LogP contribution in [0.2, 0.25) is 0 Å². The lowest BCUT2D eigenvalue weighted by molar-refractivity contribution is 0.0427. The van der Waals surface area contributed by atoms with E-state index in [0.29, 0.717) is 17.5 Å². The molecular weight excluding hydrogens is 232 g/mol. The van der Waals surface area contributed by atoms with Crippen molar-refractivity contribution in [2.45, 2.75) is 73.4 Å². The van der Waals surface area contributed by atoms with Gasteiger partial charge in [-0.25, -0.2) is 0 Å². The van der Waals surface area contributed by atoms with Gasteiger partial charge in [0.15, 0.2) is 0 Å². The second kappa shape index (κ2) is 7.08. The summed E-state index contributed by atoms with van der Waals surface area (Å²) in [5.41, 5.74) is 0.404. The van der Waals surface area contributed by atoms with Crippen molar-refractivity contribution in [2.24, 2.45) is 17.3 Å². The highest BCUT2D eigenvalue weighted by atomic mass is 15.2. The fraction of sp³-hybridized carbons (Fsp3) is 1.00. The molecule has 2 unspecified atom stereocenters. The zero-order valence-corrected chi connectivity index (χ0v) is 14.3. The van der Waals surface area contributed by atoms with Crippen LogP contribution in [0.5, 0.6) is 0 Å². The molecule has 1 rings (SSSR count). The molecule has 1 aliphatic rings. The van der Waals surface area contributed by atoms with Gasteiger partial charge < -0.3 is 5.32 Å². The standard InChI is InChI=1S/C17H36N2/c1-8-9-15-11-19(12-17(6,7)14(4)5)16(10-18-15)13(2)3/h13-16,18H,8-12H2,1-7H3. The van der Waals surface area contributed by atoms with Crippen LogP contribution in [-0.2, 0) is 0 Å². The Morgan fingerprint density at radius 3 is 2.32 bits per heavy atom. The van der Waals surface area contributed by atoms with E-state index in [-0.39, 0.29) is 0 Å². The lowest BCUT2D eigenvalue weighted by atomic mass is 9.79. The number of nitrogens with zero attached hydrogens (tertiary/aromatic N) is 1. The molecular formula is C17H36N2. The Labute approximate surface area is 121 Å². The number of hydrogen-bond acceptors (Lipinski definition) is 2. The van der Waals surface area contributed by atoms with Crippen LogP contribution in [0.4, 0.5) is 0 Å². The minimum absolute atomic E-state index is 0.404. The summed E-state index contributed by atoms with van der Waals surface area (Å²) < 4.78 is 0. The molecule has 0 aromatic carbocycles. The molecule has 2 heteroatoms. The highest BCUT2D eigenvalue weighted by Gasteiger charge is 2.34. The molecule has 2 atom stereocenters. The van der Waals surface area contributed by atoms with Crippen molar-refractivity contribution in [1.82, 2.24) is 10.2 Å². The molecule has 0 bridgehead atoms. The van der Waals surface area contributed by atoms with E-state index >= 15 is 0 Å². The normalized spacial score (nSPS) is 26.4. The van der Waals surface area contributed by atoms with E-state index in [4.69, 9.17) is 0 Å². The molecule has 0 aromatic heterocycles. The van der Waals surface area contributed by atoms with Gasteiger partial charge in [-0.1, -0.05) is 54.9 Å². The molecule has 114 valence electrons. The van der Waals surface area contributed by atoms with Crippen LogP contribution < -0.4 is 5.32 Å². The molecule has 1 heterocycles. The van der Waals surface area contributed by atoms with Gasteiger partial charge in [0.05, 0.1) is 0 Å². The minimum Gasteiger partial charge on any atom is -0.311 e. The molecule has 0 radical (unpaired) electrons. The molecule has 2 nitrogen and oxygen atoms in total. The van der Waals surface area contributed by atoms with Crippen molar-refractivity contribution in [3.05, 3.63) is 0 Å². The van der Waals surface area contributed by atoms with Gasteiger partial charge in [-0.2, -0.15) is 0 Å². The maximum Gasteiger partial charge on any atom is 0.0244 e. The molecule has 1 aliphatic heterocycles. The van der Waals surface area contributed by atoms with Crippen LogP contribution in [0.3, 0.4) is 0 Å². The Morgan fingerprint density at radius 2 is 1.84 bits per heavy atom. The predicted octanol–water partition coefficient (Wildman–Crippen LogP) is 3.77. The Morgan fingerprint density at radius 1 is 1.21 bits per heavy atom. The van der Waals surface area contributed by atoms with Crippen molar-refractivity contribution < 1.29 is 0 Å². The van der Waals surface area contributed by atoms with Crippen LogP contribution >= 0.6 is 0 Å². The SMILES string of the molecule is CCCC1CN(CC(C)(C)C(C)C)C(C(C)C)CN1. The number of hydrogen-bond donors (Lipinski definition) is 1. The summed E-state index contributed by atoms with van der Waals surface area (Å²) in [6.45, 7) is 20.2. The smallest absolute Gasteiger partial charge is 0.0244 e. The Bertz CT molecular complexity index is 258. The summed E-state index contributed by atoms with van der Waals surface area (Å²) in [7, 11) is 0. The summed E-state index contributed by atoms with van der Waals surface area (Å²) in [6.07, 6.45) is 2.59. The lowest BCUT2D eigenvalue weighted by Gasteiger charge is -2.46. The molecule has 0 saturated carbocycles. The summed E-state index contributed by atoms with van der Waals surface area (Å²) in [4.78, 5) is 2.77. The number of nitrogens with one attached hydrogen (secondary N) is 1. The first kappa shape index (κ1) is 17.0. The van der Waals surface area contributed by atoms with Crippen LogP contribution in [0.25, 0.3) is 0 Å². The van der Waals surface area contributed by atoms with Crippen molar-refractivity contribution in [2.75, 3.05) is 19.6 Å². The summed E-state index contributed by atoms with van der Waals surface area (Å²) in [5, 5.41) is 3.75. The average molecular weight is 268 g/mol. The monoisotopic (exact) mass is 268 g/mol. The largest absolute Gasteiger partial charge is 0.311 e. The zero-order valence-electron chi connectivity index (χ0n) is 14.3. The molecule has 0 aliphatic carbocycles. The quantitative estimate of drug-likeness (QED) is 0.789. The van der Waals surface area contributed by atoms with Gasteiger partial charge in [-0.05, 0) is 23.7 Å². The molecule has 0 aromatic rings. The van der Waals surface area contributed by atoms with E-state index in [0.717, 1.165) is 18.4 Å². The fourth-order valence-electron chi connectivity index (χ4n) is 2.99. The second-order valence-corrected chi connectivity index (χ2v) is 7.78. The van der Waals surface area contributed by atoms with Crippen LogP contribution in [0.1, 0.15) is 61.3 Å². The van der Waals surface area contributed by atoms with Gasteiger partial charge >= 0.3 is 0 Å². The molecule has 0 amide bonds. The van der Waals surface area contributed by atoms with E-state index in [1.807, 2.05) is 0 Å². The fourth-order valence-corrected chi connectivity index (χ4v) is 2.99. The third kappa shape index (κ3) is 4.75. The van der Waals surface area contributed by atoms with Gasteiger partial charge in [0.25, 0.3) is 0 Å². The van der Waals surface area contributed by atoms with Crippen LogP contribution in [-0.4, -0.2) is 36.6 Å². The predicted molar refractivity (Wildman–Crippen MR) is 85.5 cm³/mol. The average Bonchev–Trinajstić information content (AvgIpc) is 2.28. The minimum atomic E-state index is 0.404. The molecule has 0 spiro atoms. The van der Waals surface area contributed by atoms with Crippen molar-refractivity contribution in [3.63, 3.8) is 0 Å². The maximum atomic E-state index is 3.75. The van der Waals surface area contributed by atoms with E-state index in [1.165, 1.54) is 25.9 Å². The van der Waals surface area contributed by atoms with Gasteiger partial charge in [-0.3, -0.25) is 4.90 Å². The van der Waals surface area contributed by atoms with E-state index in [9.17, 15) is 0 Å². The third-order valence-electron chi connectivity index (χ3n) is 5.12. The maximum absolute atomic E-state index is 3.75. The van der Waals surface area contributed by atoms with E-state index < -0.39 is 0 Å². The lowest BCUT2D eigenvalue weighted by Crippen LogP contribution is -2.60. The topological polar surface area (TPSA) is 15.3 Å². The molecule has 1 saturated heterocycles. The molecule has 1 N–H and O–H groups in total. The molecule has 1 fully saturated rings. The summed E-state index contributed by atoms with van der Waals surface area (Å²) >= 11 is 0. The highest BCUT2D eigenvalue weighted by Crippen LogP contribution is 2.30. The first-order chi connectivity index (χ1) is 8.77. The number of piperazine rings is 1. The first-order valence-corrected chi connectivity index (χ1v) is 8.25. The Kier molecular flexibility index (Phi) is 6.32.